The van der Waals surface area contributed by atoms with Crippen LogP contribution < -0.4 is 9.47 Å². The van der Waals surface area contributed by atoms with Gasteiger partial charge in [-0.1, -0.05) is 61.5 Å². The van der Waals surface area contributed by atoms with Gasteiger partial charge in [0.1, 0.15) is 11.5 Å². The molecule has 7 heteroatoms. The molecule has 2 fully saturated rings. The summed E-state index contributed by atoms with van der Waals surface area (Å²) >= 11 is 0. The fourth-order valence-electron chi connectivity index (χ4n) is 5.52. The summed E-state index contributed by atoms with van der Waals surface area (Å²) in [5.74, 6) is 1.83. The molecule has 0 aromatic heterocycles. The lowest BCUT2D eigenvalue weighted by Crippen LogP contribution is -1.95. The summed E-state index contributed by atoms with van der Waals surface area (Å²) in [6.07, 6.45) is 10.7. The van der Waals surface area contributed by atoms with Crippen molar-refractivity contribution >= 4 is 41.6 Å². The Morgan fingerprint density at radius 2 is 0.816 bits per heavy atom. The number of ketones is 2. The Labute approximate surface area is 288 Å². The van der Waals surface area contributed by atoms with Gasteiger partial charge in [0.15, 0.2) is 11.6 Å². The van der Waals surface area contributed by atoms with Crippen molar-refractivity contribution in [1.29, 1.82) is 0 Å². The molecular formula is C42H41NO6. The first kappa shape index (κ1) is 36.0. The largest absolute Gasteiger partial charge is 0.497 e. The van der Waals surface area contributed by atoms with E-state index in [2.05, 4.69) is 0 Å². The Morgan fingerprint density at radius 1 is 0.531 bits per heavy atom. The van der Waals surface area contributed by atoms with Gasteiger partial charge < -0.3 is 9.47 Å². The number of nitro benzene ring substituents is 1. The van der Waals surface area contributed by atoms with E-state index >= 15 is 0 Å². The molecule has 0 saturated heterocycles. The minimum absolute atomic E-state index is 0. The van der Waals surface area contributed by atoms with E-state index in [1.165, 1.54) is 17.7 Å². The van der Waals surface area contributed by atoms with Gasteiger partial charge in [0.25, 0.3) is 5.69 Å². The summed E-state index contributed by atoms with van der Waals surface area (Å²) in [6, 6.07) is 29.8. The van der Waals surface area contributed by atoms with Crippen molar-refractivity contribution in [2.75, 3.05) is 14.2 Å². The number of rotatable bonds is 7. The highest BCUT2D eigenvalue weighted by Gasteiger charge is 2.24. The van der Waals surface area contributed by atoms with E-state index in [4.69, 9.17) is 9.47 Å². The minimum Gasteiger partial charge on any atom is -0.497 e. The van der Waals surface area contributed by atoms with Crippen molar-refractivity contribution in [1.82, 2.24) is 0 Å². The van der Waals surface area contributed by atoms with Gasteiger partial charge in [-0.25, -0.2) is 0 Å². The van der Waals surface area contributed by atoms with Crippen LogP contribution in [0.4, 0.5) is 5.69 Å². The summed E-state index contributed by atoms with van der Waals surface area (Å²) in [5.41, 5.74) is 8.40. The molecule has 0 radical (unpaired) electrons. The Morgan fingerprint density at radius 3 is 1.10 bits per heavy atom. The maximum atomic E-state index is 12.6. The van der Waals surface area contributed by atoms with Crippen molar-refractivity contribution in [2.24, 2.45) is 0 Å². The summed E-state index contributed by atoms with van der Waals surface area (Å²) in [7, 11) is 3.29. The first-order valence-electron chi connectivity index (χ1n) is 15.7. The summed E-state index contributed by atoms with van der Waals surface area (Å²) in [6.45, 7) is 2.03. The molecule has 2 saturated carbocycles. The van der Waals surface area contributed by atoms with Crippen molar-refractivity contribution in [3.63, 3.8) is 0 Å². The van der Waals surface area contributed by atoms with E-state index in [9.17, 15) is 19.7 Å². The second-order valence-corrected chi connectivity index (χ2v) is 11.6. The number of nitro groups is 1. The van der Waals surface area contributed by atoms with Crippen LogP contribution in [0.1, 0.15) is 60.9 Å². The van der Waals surface area contributed by atoms with Crippen molar-refractivity contribution in [2.45, 2.75) is 40.0 Å². The van der Waals surface area contributed by atoms with E-state index in [0.29, 0.717) is 6.42 Å². The van der Waals surface area contributed by atoms with E-state index in [1.54, 1.807) is 26.4 Å². The first-order chi connectivity index (χ1) is 23.2. The molecule has 0 bridgehead atoms. The van der Waals surface area contributed by atoms with Crippen LogP contribution in [0, 0.1) is 17.0 Å². The predicted octanol–water partition coefficient (Wildman–Crippen LogP) is 9.90. The molecule has 7 nitrogen and oxygen atoms in total. The van der Waals surface area contributed by atoms with E-state index in [0.717, 1.165) is 75.3 Å². The highest BCUT2D eigenvalue weighted by atomic mass is 16.6. The summed E-state index contributed by atoms with van der Waals surface area (Å²) < 4.78 is 10.3. The molecule has 2 aliphatic carbocycles. The standard InChI is InChI=1S/C21H20O3.C20H17NO3.CH4/c1-23-19-9-3-15(4-10-19)13-17-7-8-18(21(17)22)14-16-5-11-20(24-2)12-6-16;1-14-2-4-15(5-3-14)12-17-8-9-18(20(17)22)13-16-6-10-19(11-7-16)21(23)24;/h3-6,9-14H,7-8H2,1-2H3;2-7,10-13H,8-9H2,1H3;1H4/b17-13-,18-14-;17-12-,18-13-;. The number of carbonyl (C=O) groups is 2. The van der Waals surface area contributed by atoms with Crippen LogP contribution in [0.2, 0.25) is 0 Å². The smallest absolute Gasteiger partial charge is 0.269 e. The van der Waals surface area contributed by atoms with Crippen LogP contribution >= 0.6 is 0 Å². The molecular weight excluding hydrogens is 614 g/mol. The average Bonchev–Trinajstić information content (AvgIpc) is 3.63. The van der Waals surface area contributed by atoms with Gasteiger partial charge >= 0.3 is 0 Å². The zero-order valence-corrected chi connectivity index (χ0v) is 27.3. The molecule has 49 heavy (non-hydrogen) atoms. The van der Waals surface area contributed by atoms with Crippen molar-refractivity contribution in [3.05, 3.63) is 157 Å². The lowest BCUT2D eigenvalue weighted by atomic mass is 10.1. The average molecular weight is 656 g/mol. The number of allylic oxidation sites excluding steroid dienone is 4. The number of nitrogens with zero attached hydrogens (tertiary/aromatic N) is 1. The third kappa shape index (κ3) is 9.61. The number of ether oxygens (including phenoxy) is 2. The van der Waals surface area contributed by atoms with Gasteiger partial charge in [0.2, 0.25) is 0 Å². The second-order valence-electron chi connectivity index (χ2n) is 11.6. The molecule has 0 amide bonds. The minimum atomic E-state index is -0.430. The number of benzene rings is 4. The third-order valence-corrected chi connectivity index (χ3v) is 8.27. The fraction of sp³-hybridized carbons (Fsp3) is 0.190. The van der Waals surface area contributed by atoms with Crippen molar-refractivity contribution in [3.8, 4) is 11.5 Å². The molecule has 0 aliphatic heterocycles. The topological polar surface area (TPSA) is 95.7 Å². The highest BCUT2D eigenvalue weighted by molar-refractivity contribution is 6.16. The van der Waals surface area contributed by atoms with Crippen LogP contribution in [0.3, 0.4) is 0 Å². The zero-order chi connectivity index (χ0) is 34.0. The monoisotopic (exact) mass is 655 g/mol. The predicted molar refractivity (Wildman–Crippen MR) is 197 cm³/mol. The number of non-ortho nitro benzene ring substituents is 1. The number of hydrogen-bond donors (Lipinski definition) is 0. The number of hydrogen-bond acceptors (Lipinski definition) is 6. The van der Waals surface area contributed by atoms with Crippen LogP contribution in [0.15, 0.2) is 119 Å². The number of carbonyl (C=O) groups excluding carboxylic acids is 2. The Kier molecular flexibility index (Phi) is 12.4. The molecule has 0 N–H and O–H groups in total. The van der Waals surface area contributed by atoms with E-state index < -0.39 is 4.92 Å². The fourth-order valence-corrected chi connectivity index (χ4v) is 5.52. The molecule has 6 rings (SSSR count). The molecule has 4 aromatic carbocycles. The number of Topliss-reactive ketones (excluding diaryl/α,β-unsaturated/α-hetero) is 2. The zero-order valence-electron chi connectivity index (χ0n) is 27.3. The number of methoxy groups -OCH3 is 2. The first-order valence-corrected chi connectivity index (χ1v) is 15.7. The van der Waals surface area contributed by atoms with Gasteiger partial charge in [0.05, 0.1) is 19.1 Å². The molecule has 250 valence electrons. The molecule has 0 spiro atoms. The highest BCUT2D eigenvalue weighted by Crippen LogP contribution is 2.31. The lowest BCUT2D eigenvalue weighted by Gasteiger charge is -2.01. The van der Waals surface area contributed by atoms with E-state index in [-0.39, 0.29) is 24.7 Å². The van der Waals surface area contributed by atoms with Gasteiger partial charge in [-0.2, -0.15) is 0 Å². The molecule has 0 heterocycles. The Hall–Kier alpha value is -5.82. The third-order valence-electron chi connectivity index (χ3n) is 8.27. The maximum Gasteiger partial charge on any atom is 0.269 e. The van der Waals surface area contributed by atoms with Crippen LogP contribution in [-0.4, -0.2) is 30.7 Å². The SMILES string of the molecule is C.COc1ccc(/C=C2/CC/C(=C/c3ccc(OC)cc3)C2=O)cc1.Cc1ccc(/C=C2/CC/C(=C/c3ccc([N+](=O)[O-])cc3)C2=O)cc1. The van der Waals surface area contributed by atoms with Gasteiger partial charge in [-0.3, -0.25) is 19.7 Å². The van der Waals surface area contributed by atoms with Crippen LogP contribution in [0.25, 0.3) is 24.3 Å². The Balaban J connectivity index is 0.000000216. The quantitative estimate of drug-likeness (QED) is 0.112. The van der Waals surface area contributed by atoms with Gasteiger partial charge in [-0.15, -0.1) is 0 Å². The summed E-state index contributed by atoms with van der Waals surface area (Å²) in [5, 5.41) is 10.7. The molecule has 4 aromatic rings. The van der Waals surface area contributed by atoms with E-state index in [1.807, 2.05) is 104 Å². The Bertz CT molecular complexity index is 1840. The van der Waals surface area contributed by atoms with Crippen molar-refractivity contribution < 1.29 is 24.0 Å². The maximum absolute atomic E-state index is 12.6. The van der Waals surface area contributed by atoms with Crippen LogP contribution in [-0.2, 0) is 9.59 Å². The van der Waals surface area contributed by atoms with Gasteiger partial charge in [-0.05, 0) is 116 Å². The molecule has 2 aliphatic rings. The molecule has 0 unspecified atom stereocenters. The second kappa shape index (κ2) is 16.8. The molecule has 0 atom stereocenters. The normalized spacial score (nSPS) is 17.2. The number of aryl methyl sites for hydroxylation is 1. The van der Waals surface area contributed by atoms with Crippen LogP contribution in [0.5, 0.6) is 11.5 Å². The van der Waals surface area contributed by atoms with Gasteiger partial charge in [0, 0.05) is 34.4 Å². The lowest BCUT2D eigenvalue weighted by molar-refractivity contribution is -0.384. The summed E-state index contributed by atoms with van der Waals surface area (Å²) in [4.78, 5) is 35.3.